The van der Waals surface area contributed by atoms with E-state index in [-0.39, 0.29) is 6.61 Å². The molecule has 1 saturated heterocycles. The van der Waals surface area contributed by atoms with E-state index in [0.717, 1.165) is 66.2 Å². The molecule has 1 unspecified atom stereocenters. The van der Waals surface area contributed by atoms with E-state index in [9.17, 15) is 5.11 Å². The number of aliphatic hydroxyl groups excluding tert-OH is 1. The Morgan fingerprint density at radius 3 is 2.38 bits per heavy atom. The normalized spacial score (nSPS) is 15.4. The number of fused-ring (bicyclic) bond motifs is 1. The molecule has 0 aliphatic carbocycles. The average Bonchev–Trinajstić information content (AvgIpc) is 3.60. The summed E-state index contributed by atoms with van der Waals surface area (Å²) in [5.41, 5.74) is 3.55. The maximum Gasteiger partial charge on any atom is 0.203 e. The first kappa shape index (κ1) is 27.3. The van der Waals surface area contributed by atoms with Gasteiger partial charge in [0.05, 0.1) is 21.3 Å². The van der Waals surface area contributed by atoms with Gasteiger partial charge in [-0.3, -0.25) is 4.90 Å². The fraction of sp³-hybridized carbons (Fsp3) is 0.414. The Morgan fingerprint density at radius 2 is 1.67 bits per heavy atom. The molecular formula is C29H35N3O6S. The molecule has 1 atom stereocenters. The number of β-amino-alcohol motifs (C(OH)–C–C–N with tert-alkyl or cyclic N) is 1. The quantitative estimate of drug-likeness (QED) is 0.277. The van der Waals surface area contributed by atoms with Crippen molar-refractivity contribution in [3.63, 3.8) is 0 Å². The molecule has 1 fully saturated rings. The van der Waals surface area contributed by atoms with Gasteiger partial charge < -0.3 is 33.5 Å². The molecule has 2 aromatic heterocycles. The minimum Gasteiger partial charge on any atom is -0.493 e. The highest BCUT2D eigenvalue weighted by molar-refractivity contribution is 7.17. The topological polar surface area (TPSA) is 89.7 Å². The van der Waals surface area contributed by atoms with Gasteiger partial charge in [-0.05, 0) is 47.7 Å². The number of ether oxygens (including phenoxy) is 4. The highest BCUT2D eigenvalue weighted by Gasteiger charge is 2.21. The van der Waals surface area contributed by atoms with E-state index in [1.807, 2.05) is 47.8 Å². The van der Waals surface area contributed by atoms with Crippen molar-refractivity contribution in [2.24, 2.45) is 0 Å². The summed E-state index contributed by atoms with van der Waals surface area (Å²) in [5, 5.41) is 17.0. The molecule has 9 nitrogen and oxygen atoms in total. The molecule has 0 bridgehead atoms. The molecule has 1 aliphatic rings. The zero-order valence-corrected chi connectivity index (χ0v) is 23.4. The van der Waals surface area contributed by atoms with E-state index < -0.39 is 6.10 Å². The first-order valence-electron chi connectivity index (χ1n) is 13.1. The van der Waals surface area contributed by atoms with E-state index in [2.05, 4.69) is 15.0 Å². The van der Waals surface area contributed by atoms with Gasteiger partial charge >= 0.3 is 0 Å². The molecule has 10 heteroatoms. The number of nitrogens with zero attached hydrogens (tertiary/aromatic N) is 3. The number of aromatic nitrogens is 1. The summed E-state index contributed by atoms with van der Waals surface area (Å²) in [4.78, 5) is 4.74. The Morgan fingerprint density at radius 1 is 0.949 bits per heavy atom. The van der Waals surface area contributed by atoms with Gasteiger partial charge in [-0.15, -0.1) is 11.3 Å². The van der Waals surface area contributed by atoms with Crippen LogP contribution in [0, 0.1) is 0 Å². The third-order valence-electron chi connectivity index (χ3n) is 7.03. The standard InChI is InChI=1S/C29H35N3O6S/c1-34-25-16-20(17-26(35-2)28(25)36-3)8-10-31-11-13-32(14-12-31)18-21(33)19-37-23-7-5-4-6-22(23)27-29-24(38-30-27)9-15-39-29/h4-7,9,15-17,21,33H,8,10-14,18-19H2,1-3H3. The number of piperazine rings is 1. The van der Waals surface area contributed by atoms with Gasteiger partial charge in [0.1, 0.15) is 28.9 Å². The summed E-state index contributed by atoms with van der Waals surface area (Å²) in [6.07, 6.45) is 0.290. The molecule has 1 aliphatic heterocycles. The Balaban J connectivity index is 1.09. The molecule has 0 amide bonds. The highest BCUT2D eigenvalue weighted by atomic mass is 32.1. The van der Waals surface area contributed by atoms with Gasteiger partial charge in [-0.2, -0.15) is 0 Å². The minimum atomic E-state index is -0.595. The SMILES string of the molecule is COc1cc(CCN2CCN(CC(O)COc3ccccc3-c3noc4ccsc34)CC2)cc(OC)c1OC. The van der Waals surface area contributed by atoms with Crippen molar-refractivity contribution in [1.82, 2.24) is 15.0 Å². The second kappa shape index (κ2) is 12.7. The average molecular weight is 554 g/mol. The number of rotatable bonds is 12. The van der Waals surface area contributed by atoms with Crippen molar-refractivity contribution in [2.45, 2.75) is 12.5 Å². The van der Waals surface area contributed by atoms with Crippen LogP contribution in [0.25, 0.3) is 21.5 Å². The van der Waals surface area contributed by atoms with Crippen LogP contribution in [0.2, 0.25) is 0 Å². The Hall–Kier alpha value is -3.31. The molecule has 39 heavy (non-hydrogen) atoms. The molecule has 0 radical (unpaired) electrons. The van der Waals surface area contributed by atoms with Crippen LogP contribution in [0.1, 0.15) is 5.56 Å². The molecular weight excluding hydrogens is 518 g/mol. The van der Waals surface area contributed by atoms with Gasteiger partial charge in [-0.25, -0.2) is 0 Å². The van der Waals surface area contributed by atoms with Crippen LogP contribution >= 0.6 is 11.3 Å². The number of aliphatic hydroxyl groups is 1. The van der Waals surface area contributed by atoms with Crippen LogP contribution < -0.4 is 18.9 Å². The van der Waals surface area contributed by atoms with E-state index in [0.29, 0.717) is 29.5 Å². The zero-order valence-electron chi connectivity index (χ0n) is 22.6. The van der Waals surface area contributed by atoms with Crippen LogP contribution in [-0.2, 0) is 6.42 Å². The third kappa shape index (κ3) is 6.30. The number of thiophene rings is 1. The summed E-state index contributed by atoms with van der Waals surface area (Å²) >= 11 is 1.59. The lowest BCUT2D eigenvalue weighted by Crippen LogP contribution is -2.49. The molecule has 4 aromatic rings. The molecule has 2 aromatic carbocycles. The lowest BCUT2D eigenvalue weighted by molar-refractivity contribution is 0.0464. The fourth-order valence-electron chi connectivity index (χ4n) is 4.94. The predicted molar refractivity (Wildman–Crippen MR) is 152 cm³/mol. The largest absolute Gasteiger partial charge is 0.493 e. The predicted octanol–water partition coefficient (Wildman–Crippen LogP) is 4.18. The monoisotopic (exact) mass is 553 g/mol. The lowest BCUT2D eigenvalue weighted by atomic mass is 10.1. The van der Waals surface area contributed by atoms with Crippen molar-refractivity contribution in [3.8, 4) is 34.3 Å². The first-order chi connectivity index (χ1) is 19.1. The lowest BCUT2D eigenvalue weighted by Gasteiger charge is -2.35. The van der Waals surface area contributed by atoms with E-state index in [1.165, 1.54) is 0 Å². The Labute approximate surface area is 232 Å². The Kier molecular flexibility index (Phi) is 8.88. The van der Waals surface area contributed by atoms with Gasteiger partial charge in [0.15, 0.2) is 17.1 Å². The van der Waals surface area contributed by atoms with Crippen molar-refractivity contribution >= 4 is 21.6 Å². The molecule has 3 heterocycles. The molecule has 1 N–H and O–H groups in total. The smallest absolute Gasteiger partial charge is 0.203 e. The van der Waals surface area contributed by atoms with Crippen molar-refractivity contribution in [2.75, 3.05) is 67.2 Å². The van der Waals surface area contributed by atoms with Gasteiger partial charge in [-0.1, -0.05) is 17.3 Å². The van der Waals surface area contributed by atoms with E-state index >= 15 is 0 Å². The van der Waals surface area contributed by atoms with Crippen LogP contribution in [0.5, 0.6) is 23.0 Å². The van der Waals surface area contributed by atoms with Crippen LogP contribution in [0.3, 0.4) is 0 Å². The molecule has 0 spiro atoms. The van der Waals surface area contributed by atoms with Crippen molar-refractivity contribution in [3.05, 3.63) is 53.4 Å². The van der Waals surface area contributed by atoms with Crippen molar-refractivity contribution in [1.29, 1.82) is 0 Å². The highest BCUT2D eigenvalue weighted by Crippen LogP contribution is 2.39. The number of hydrogen-bond acceptors (Lipinski definition) is 10. The number of hydrogen-bond donors (Lipinski definition) is 1. The molecule has 5 rings (SSSR count). The fourth-order valence-corrected chi connectivity index (χ4v) is 5.75. The van der Waals surface area contributed by atoms with Crippen LogP contribution in [-0.4, -0.2) is 93.4 Å². The number of benzene rings is 2. The van der Waals surface area contributed by atoms with Crippen molar-refractivity contribution < 1.29 is 28.6 Å². The Bertz CT molecular complexity index is 1340. The minimum absolute atomic E-state index is 0.212. The van der Waals surface area contributed by atoms with Crippen LogP contribution in [0.15, 0.2) is 52.4 Å². The summed E-state index contributed by atoms with van der Waals surface area (Å²) in [5.74, 6) is 2.66. The van der Waals surface area contributed by atoms with Crippen LogP contribution in [0.4, 0.5) is 0 Å². The number of methoxy groups -OCH3 is 3. The van der Waals surface area contributed by atoms with E-state index in [4.69, 9.17) is 23.5 Å². The summed E-state index contributed by atoms with van der Waals surface area (Å²) in [6, 6.07) is 13.7. The van der Waals surface area contributed by atoms with Gasteiger partial charge in [0.25, 0.3) is 0 Å². The second-order valence-corrected chi connectivity index (χ2v) is 10.4. The van der Waals surface area contributed by atoms with E-state index in [1.54, 1.807) is 32.7 Å². The van der Waals surface area contributed by atoms with Gasteiger partial charge in [0.2, 0.25) is 5.75 Å². The summed E-state index contributed by atoms with van der Waals surface area (Å²) in [7, 11) is 4.89. The first-order valence-corrected chi connectivity index (χ1v) is 13.9. The number of para-hydroxylation sites is 1. The second-order valence-electron chi connectivity index (χ2n) is 9.53. The third-order valence-corrected chi connectivity index (χ3v) is 7.93. The maximum absolute atomic E-state index is 10.7. The maximum atomic E-state index is 10.7. The molecule has 208 valence electrons. The summed E-state index contributed by atoms with van der Waals surface area (Å²) in [6.45, 7) is 5.42. The summed E-state index contributed by atoms with van der Waals surface area (Å²) < 4.78 is 28.9. The molecule has 0 saturated carbocycles. The zero-order chi connectivity index (χ0) is 27.2. The van der Waals surface area contributed by atoms with Gasteiger partial charge in [0, 0.05) is 44.8 Å².